The van der Waals surface area contributed by atoms with Gasteiger partial charge in [-0.3, -0.25) is 4.79 Å². The van der Waals surface area contributed by atoms with Gasteiger partial charge in [0.05, 0.1) is 5.75 Å². The van der Waals surface area contributed by atoms with Crippen molar-refractivity contribution in [2.45, 2.75) is 45.4 Å². The topological polar surface area (TPSA) is 66.5 Å². The number of rotatable bonds is 8. The molecule has 0 saturated carbocycles. The van der Waals surface area contributed by atoms with Crippen LogP contribution >= 0.6 is 0 Å². The Morgan fingerprint density at radius 3 is 2.50 bits per heavy atom. The van der Waals surface area contributed by atoms with Gasteiger partial charge < -0.3 is 5.32 Å². The molecule has 106 valence electrons. The lowest BCUT2D eigenvalue weighted by molar-refractivity contribution is -0.120. The van der Waals surface area contributed by atoms with Crippen LogP contribution in [-0.2, 0) is 14.8 Å². The summed E-state index contributed by atoms with van der Waals surface area (Å²) in [5.41, 5.74) is 0. The highest BCUT2D eigenvalue weighted by molar-refractivity contribution is 7.89. The van der Waals surface area contributed by atoms with Crippen LogP contribution in [0, 0.1) is 0 Å². The molecule has 0 aromatic heterocycles. The molecular formula is C12H24N2O3S. The Hall–Kier alpha value is -0.620. The van der Waals surface area contributed by atoms with Crippen molar-refractivity contribution in [1.29, 1.82) is 0 Å². The molecule has 5 nitrogen and oxygen atoms in total. The Morgan fingerprint density at radius 2 is 1.89 bits per heavy atom. The number of nitrogens with one attached hydrogen (secondary N) is 1. The molecule has 0 unspecified atom stereocenters. The summed E-state index contributed by atoms with van der Waals surface area (Å²) in [5, 5.41) is 2.76. The molecular weight excluding hydrogens is 252 g/mol. The van der Waals surface area contributed by atoms with Crippen molar-refractivity contribution in [3.05, 3.63) is 0 Å². The highest BCUT2D eigenvalue weighted by Crippen LogP contribution is 2.13. The van der Waals surface area contributed by atoms with E-state index in [4.69, 9.17) is 0 Å². The van der Waals surface area contributed by atoms with E-state index in [0.717, 1.165) is 32.1 Å². The number of hydrogen-bond acceptors (Lipinski definition) is 3. The van der Waals surface area contributed by atoms with Crippen LogP contribution in [0.1, 0.15) is 45.4 Å². The molecule has 0 aromatic rings. The van der Waals surface area contributed by atoms with Gasteiger partial charge in [-0.25, -0.2) is 12.7 Å². The Morgan fingerprint density at radius 1 is 1.22 bits per heavy atom. The molecule has 0 atom stereocenters. The minimum atomic E-state index is -3.22. The molecule has 0 aliphatic carbocycles. The molecule has 1 N–H and O–H groups in total. The van der Waals surface area contributed by atoms with Crippen LogP contribution in [0.2, 0.25) is 0 Å². The molecule has 0 aromatic carbocycles. The maximum Gasteiger partial charge on any atom is 0.221 e. The Bertz CT molecular complexity index is 348. The van der Waals surface area contributed by atoms with Crippen LogP contribution in [0.25, 0.3) is 0 Å². The zero-order valence-electron chi connectivity index (χ0n) is 11.2. The van der Waals surface area contributed by atoms with Crippen LogP contribution in [0.3, 0.4) is 0 Å². The molecule has 1 aliphatic rings. The second-order valence-electron chi connectivity index (χ2n) is 4.73. The molecule has 1 rings (SSSR count). The third kappa shape index (κ3) is 5.35. The first-order valence-electron chi connectivity index (χ1n) is 6.81. The van der Waals surface area contributed by atoms with Gasteiger partial charge in [-0.2, -0.15) is 0 Å². The van der Waals surface area contributed by atoms with E-state index in [0.29, 0.717) is 19.6 Å². The van der Waals surface area contributed by atoms with Crippen molar-refractivity contribution in [2.75, 3.05) is 25.4 Å². The van der Waals surface area contributed by atoms with Crippen molar-refractivity contribution in [1.82, 2.24) is 9.62 Å². The standard InChI is InChI=1S/C12H24N2O3S/c1-2-3-4-8-13-12(15)7-11-18(16,17)14-9-5-6-10-14/h2-11H2,1H3,(H,13,15). The average molecular weight is 276 g/mol. The van der Waals surface area contributed by atoms with Crippen LogP contribution < -0.4 is 5.32 Å². The summed E-state index contributed by atoms with van der Waals surface area (Å²) in [6, 6.07) is 0. The summed E-state index contributed by atoms with van der Waals surface area (Å²) >= 11 is 0. The molecule has 0 spiro atoms. The van der Waals surface area contributed by atoms with E-state index < -0.39 is 10.0 Å². The molecule has 0 bridgehead atoms. The maximum atomic E-state index is 11.9. The predicted octanol–water partition coefficient (Wildman–Crippen LogP) is 1.11. The van der Waals surface area contributed by atoms with Crippen molar-refractivity contribution < 1.29 is 13.2 Å². The van der Waals surface area contributed by atoms with E-state index in [1.54, 1.807) is 0 Å². The number of carbonyl (C=O) groups excluding carboxylic acids is 1. The number of sulfonamides is 1. The van der Waals surface area contributed by atoms with Gasteiger partial charge in [0.1, 0.15) is 0 Å². The normalized spacial score (nSPS) is 16.9. The summed E-state index contributed by atoms with van der Waals surface area (Å²) in [5.74, 6) is -0.221. The fourth-order valence-electron chi connectivity index (χ4n) is 2.01. The molecule has 6 heteroatoms. The molecule has 1 heterocycles. The first-order chi connectivity index (χ1) is 8.56. The zero-order valence-corrected chi connectivity index (χ0v) is 12.0. The third-order valence-electron chi connectivity index (χ3n) is 3.15. The largest absolute Gasteiger partial charge is 0.356 e. The van der Waals surface area contributed by atoms with E-state index in [-0.39, 0.29) is 18.1 Å². The van der Waals surface area contributed by atoms with Gasteiger partial charge in [-0.15, -0.1) is 0 Å². The summed E-state index contributed by atoms with van der Waals surface area (Å²) in [6.07, 6.45) is 5.10. The van der Waals surface area contributed by atoms with Crippen LogP contribution in [0.4, 0.5) is 0 Å². The van der Waals surface area contributed by atoms with Gasteiger partial charge in [0.2, 0.25) is 15.9 Å². The van der Waals surface area contributed by atoms with E-state index in [2.05, 4.69) is 12.2 Å². The Balaban J connectivity index is 2.20. The van der Waals surface area contributed by atoms with Gasteiger partial charge in [-0.1, -0.05) is 19.8 Å². The van der Waals surface area contributed by atoms with Crippen molar-refractivity contribution >= 4 is 15.9 Å². The maximum absolute atomic E-state index is 11.9. The molecule has 1 fully saturated rings. The highest BCUT2D eigenvalue weighted by atomic mass is 32.2. The molecule has 0 radical (unpaired) electrons. The summed E-state index contributed by atoms with van der Waals surface area (Å²) in [4.78, 5) is 11.5. The quantitative estimate of drug-likeness (QED) is 0.675. The zero-order chi connectivity index (χ0) is 13.4. The van der Waals surface area contributed by atoms with Gasteiger partial charge in [-0.05, 0) is 19.3 Å². The average Bonchev–Trinajstić information content (AvgIpc) is 2.87. The third-order valence-corrected chi connectivity index (χ3v) is 5.02. The first kappa shape index (κ1) is 15.4. The molecule has 1 amide bonds. The summed E-state index contributed by atoms with van der Waals surface area (Å²) < 4.78 is 25.2. The van der Waals surface area contributed by atoms with Crippen molar-refractivity contribution in [3.63, 3.8) is 0 Å². The van der Waals surface area contributed by atoms with Crippen LogP contribution in [0.15, 0.2) is 0 Å². The summed E-state index contributed by atoms with van der Waals surface area (Å²) in [6.45, 7) is 3.97. The summed E-state index contributed by atoms with van der Waals surface area (Å²) in [7, 11) is -3.22. The lowest BCUT2D eigenvalue weighted by Gasteiger charge is -2.15. The molecule has 18 heavy (non-hydrogen) atoms. The van der Waals surface area contributed by atoms with Gasteiger partial charge in [0.25, 0.3) is 0 Å². The number of unbranched alkanes of at least 4 members (excludes halogenated alkanes) is 2. The minimum absolute atomic E-state index is 0.0629. The second kappa shape index (κ2) is 7.74. The lowest BCUT2D eigenvalue weighted by atomic mass is 10.2. The van der Waals surface area contributed by atoms with E-state index in [1.807, 2.05) is 0 Å². The number of nitrogens with zero attached hydrogens (tertiary/aromatic N) is 1. The molecule has 1 aliphatic heterocycles. The van der Waals surface area contributed by atoms with Crippen LogP contribution in [-0.4, -0.2) is 44.0 Å². The Kier molecular flexibility index (Phi) is 6.63. The Labute approximate surface area is 110 Å². The number of amides is 1. The lowest BCUT2D eigenvalue weighted by Crippen LogP contribution is -2.33. The predicted molar refractivity (Wildman–Crippen MR) is 71.7 cm³/mol. The van der Waals surface area contributed by atoms with Gasteiger partial charge in [0.15, 0.2) is 0 Å². The number of hydrogen-bond donors (Lipinski definition) is 1. The minimum Gasteiger partial charge on any atom is -0.356 e. The monoisotopic (exact) mass is 276 g/mol. The van der Waals surface area contributed by atoms with E-state index >= 15 is 0 Å². The second-order valence-corrected chi connectivity index (χ2v) is 6.82. The van der Waals surface area contributed by atoms with Crippen molar-refractivity contribution in [2.24, 2.45) is 0 Å². The van der Waals surface area contributed by atoms with Gasteiger partial charge in [0, 0.05) is 26.1 Å². The SMILES string of the molecule is CCCCCNC(=O)CCS(=O)(=O)N1CCCC1. The van der Waals surface area contributed by atoms with Crippen molar-refractivity contribution in [3.8, 4) is 0 Å². The van der Waals surface area contributed by atoms with Gasteiger partial charge >= 0.3 is 0 Å². The highest BCUT2D eigenvalue weighted by Gasteiger charge is 2.25. The smallest absolute Gasteiger partial charge is 0.221 e. The van der Waals surface area contributed by atoms with E-state index in [9.17, 15) is 13.2 Å². The van der Waals surface area contributed by atoms with E-state index in [1.165, 1.54) is 4.31 Å². The fraction of sp³-hybridized carbons (Fsp3) is 0.917. The fourth-order valence-corrected chi connectivity index (χ4v) is 3.52. The number of carbonyl (C=O) groups is 1. The molecule has 1 saturated heterocycles. The first-order valence-corrected chi connectivity index (χ1v) is 8.41. The van der Waals surface area contributed by atoms with Crippen LogP contribution in [0.5, 0.6) is 0 Å².